The summed E-state index contributed by atoms with van der Waals surface area (Å²) >= 11 is 0. The third kappa shape index (κ3) is 6.42. The summed E-state index contributed by atoms with van der Waals surface area (Å²) in [6.45, 7) is 14.8. The molecular formula is C31H46N4O3. The number of carbonyl (C=O) groups is 1. The number of benzene rings is 1. The van der Waals surface area contributed by atoms with Crippen LogP contribution >= 0.6 is 0 Å². The molecule has 2 N–H and O–H groups in total. The van der Waals surface area contributed by atoms with Crippen LogP contribution in [0.4, 0.5) is 5.69 Å². The number of H-pyrrole nitrogens is 1. The fourth-order valence-electron chi connectivity index (χ4n) is 6.03. The zero-order valence-electron chi connectivity index (χ0n) is 24.4. The van der Waals surface area contributed by atoms with Crippen LogP contribution < -0.4 is 20.5 Å². The molecule has 0 radical (unpaired) electrons. The van der Waals surface area contributed by atoms with E-state index in [0.29, 0.717) is 17.2 Å². The Kier molecular flexibility index (Phi) is 8.55. The summed E-state index contributed by atoms with van der Waals surface area (Å²) in [6, 6.07) is 6.42. The number of aromatic nitrogens is 1. The number of hydrogen-bond donors (Lipinski definition) is 2. The van der Waals surface area contributed by atoms with Gasteiger partial charge in [0.25, 0.3) is 11.5 Å². The van der Waals surface area contributed by atoms with Crippen molar-refractivity contribution in [3.05, 3.63) is 56.5 Å². The van der Waals surface area contributed by atoms with Crippen LogP contribution in [-0.2, 0) is 6.54 Å². The molecule has 0 unspecified atom stereocenters. The number of amides is 1. The maximum atomic E-state index is 13.5. The number of hydrogen-bond acceptors (Lipinski definition) is 5. The molecule has 2 fully saturated rings. The Hall–Kier alpha value is -2.80. The van der Waals surface area contributed by atoms with E-state index in [0.717, 1.165) is 54.2 Å². The average molecular weight is 523 g/mol. The predicted molar refractivity (Wildman–Crippen MR) is 155 cm³/mol. The lowest BCUT2D eigenvalue weighted by Gasteiger charge is -2.40. The van der Waals surface area contributed by atoms with E-state index in [1.165, 1.54) is 25.7 Å². The van der Waals surface area contributed by atoms with Gasteiger partial charge in [0.1, 0.15) is 11.9 Å². The van der Waals surface area contributed by atoms with E-state index in [2.05, 4.69) is 54.0 Å². The molecule has 0 spiro atoms. The monoisotopic (exact) mass is 522 g/mol. The fraction of sp³-hybridized carbons (Fsp3) is 0.613. The van der Waals surface area contributed by atoms with Gasteiger partial charge in [-0.25, -0.2) is 0 Å². The predicted octanol–water partition coefficient (Wildman–Crippen LogP) is 5.25. The van der Waals surface area contributed by atoms with Gasteiger partial charge in [-0.05, 0) is 90.5 Å². The lowest BCUT2D eigenvalue weighted by molar-refractivity contribution is 0.0491. The van der Waals surface area contributed by atoms with Gasteiger partial charge in [-0.2, -0.15) is 0 Å². The topological polar surface area (TPSA) is 77.7 Å². The highest BCUT2D eigenvalue weighted by Gasteiger charge is 2.29. The van der Waals surface area contributed by atoms with Crippen LogP contribution in [0, 0.1) is 20.8 Å². The summed E-state index contributed by atoms with van der Waals surface area (Å²) in [5, 5.41) is 3.01. The normalized spacial score (nSPS) is 17.6. The Balaban J connectivity index is 1.57. The van der Waals surface area contributed by atoms with Crippen LogP contribution in [0.1, 0.15) is 92.0 Å². The molecule has 2 aliphatic rings. The van der Waals surface area contributed by atoms with Crippen LogP contribution in [0.3, 0.4) is 0 Å². The van der Waals surface area contributed by atoms with Crippen molar-refractivity contribution >= 4 is 11.6 Å². The molecule has 1 aliphatic heterocycles. The standard InChI is InChI=1S/C31H46N4O3/c1-20-16-21(2)33-30(37)27(20)19-32-29(36)26-17-25(38-24-12-14-35(15-13-24)31(4,5)6)18-28(22(26)3)34(7)23-10-8-9-11-23/h16-18,23-24H,8-15,19H2,1-7H3,(H,32,36)(H,33,37). The second-order valence-corrected chi connectivity index (χ2v) is 12.3. The van der Waals surface area contributed by atoms with E-state index in [4.69, 9.17) is 4.74 Å². The smallest absolute Gasteiger partial charge is 0.253 e. The molecule has 0 bridgehead atoms. The number of aromatic amines is 1. The number of carbonyl (C=O) groups excluding carboxylic acids is 1. The number of ether oxygens (including phenoxy) is 1. The maximum Gasteiger partial charge on any atom is 0.253 e. The Labute approximate surface area is 228 Å². The second-order valence-electron chi connectivity index (χ2n) is 12.3. The molecule has 1 saturated heterocycles. The highest BCUT2D eigenvalue weighted by atomic mass is 16.5. The minimum absolute atomic E-state index is 0.130. The summed E-state index contributed by atoms with van der Waals surface area (Å²) in [5.74, 6) is 0.565. The zero-order chi connectivity index (χ0) is 27.6. The van der Waals surface area contributed by atoms with Crippen molar-refractivity contribution < 1.29 is 9.53 Å². The van der Waals surface area contributed by atoms with Crippen molar-refractivity contribution in [2.75, 3.05) is 25.0 Å². The van der Waals surface area contributed by atoms with E-state index >= 15 is 0 Å². The molecule has 38 heavy (non-hydrogen) atoms. The Morgan fingerprint density at radius 1 is 1.08 bits per heavy atom. The van der Waals surface area contributed by atoms with Gasteiger partial charge >= 0.3 is 0 Å². The number of pyridine rings is 1. The molecule has 1 aliphatic carbocycles. The summed E-state index contributed by atoms with van der Waals surface area (Å²) < 4.78 is 6.54. The molecule has 1 aromatic carbocycles. The number of nitrogens with zero attached hydrogens (tertiary/aromatic N) is 2. The van der Waals surface area contributed by atoms with E-state index in [-0.39, 0.29) is 29.7 Å². The Bertz CT molecular complexity index is 1200. The number of likely N-dealkylation sites (tertiary alicyclic amines) is 1. The largest absolute Gasteiger partial charge is 0.490 e. The van der Waals surface area contributed by atoms with Gasteiger partial charge < -0.3 is 19.9 Å². The van der Waals surface area contributed by atoms with Crippen LogP contribution in [-0.4, -0.2) is 53.6 Å². The minimum atomic E-state index is -0.184. The van der Waals surface area contributed by atoms with Gasteiger partial charge in [0.2, 0.25) is 0 Å². The molecule has 1 aromatic heterocycles. The lowest BCUT2D eigenvalue weighted by Crippen LogP contribution is -2.48. The number of aryl methyl sites for hydroxylation is 2. The van der Waals surface area contributed by atoms with Gasteiger partial charge in [0, 0.05) is 66.8 Å². The van der Waals surface area contributed by atoms with Crippen molar-refractivity contribution in [1.82, 2.24) is 15.2 Å². The van der Waals surface area contributed by atoms with E-state index in [1.54, 1.807) is 0 Å². The maximum absolute atomic E-state index is 13.5. The Morgan fingerprint density at radius 3 is 2.34 bits per heavy atom. The SMILES string of the molecule is Cc1cc(C)c(CNC(=O)c2cc(OC3CCN(C(C)(C)C)CC3)cc(N(C)C3CCCC3)c2C)c(=O)[nH]1. The number of piperidine rings is 1. The van der Waals surface area contributed by atoms with Crippen molar-refractivity contribution in [3.8, 4) is 5.75 Å². The van der Waals surface area contributed by atoms with Gasteiger partial charge in [-0.1, -0.05) is 12.8 Å². The number of anilines is 1. The third-order valence-corrected chi connectivity index (χ3v) is 8.46. The first kappa shape index (κ1) is 28.2. The van der Waals surface area contributed by atoms with Gasteiger partial charge in [0.15, 0.2) is 0 Å². The first-order valence-electron chi connectivity index (χ1n) is 14.2. The summed E-state index contributed by atoms with van der Waals surface area (Å²) in [7, 11) is 2.14. The molecular weight excluding hydrogens is 476 g/mol. The van der Waals surface area contributed by atoms with E-state index in [1.807, 2.05) is 32.9 Å². The van der Waals surface area contributed by atoms with Crippen LogP contribution in [0.25, 0.3) is 0 Å². The van der Waals surface area contributed by atoms with Crippen molar-refractivity contribution in [2.24, 2.45) is 0 Å². The average Bonchev–Trinajstić information content (AvgIpc) is 3.38. The van der Waals surface area contributed by atoms with Crippen LogP contribution in [0.15, 0.2) is 23.0 Å². The van der Waals surface area contributed by atoms with Crippen molar-refractivity contribution in [1.29, 1.82) is 0 Å². The third-order valence-electron chi connectivity index (χ3n) is 8.46. The first-order valence-corrected chi connectivity index (χ1v) is 14.2. The van der Waals surface area contributed by atoms with Gasteiger partial charge in [0.05, 0.1) is 0 Å². The number of rotatable bonds is 7. The zero-order valence-corrected chi connectivity index (χ0v) is 24.4. The van der Waals surface area contributed by atoms with Gasteiger partial charge in [-0.3, -0.25) is 14.5 Å². The molecule has 2 heterocycles. The highest BCUT2D eigenvalue weighted by Crippen LogP contribution is 2.35. The van der Waals surface area contributed by atoms with Crippen LogP contribution in [0.2, 0.25) is 0 Å². The molecule has 4 rings (SSSR count). The molecule has 7 nitrogen and oxygen atoms in total. The summed E-state index contributed by atoms with van der Waals surface area (Å²) in [5.41, 5.74) is 4.89. The van der Waals surface area contributed by atoms with E-state index < -0.39 is 0 Å². The Morgan fingerprint density at radius 2 is 1.74 bits per heavy atom. The van der Waals surface area contributed by atoms with Crippen molar-refractivity contribution in [3.63, 3.8) is 0 Å². The number of nitrogens with one attached hydrogen (secondary N) is 2. The quantitative estimate of drug-likeness (QED) is 0.519. The molecule has 7 heteroatoms. The van der Waals surface area contributed by atoms with Gasteiger partial charge in [-0.15, -0.1) is 0 Å². The molecule has 1 amide bonds. The molecule has 0 atom stereocenters. The minimum Gasteiger partial charge on any atom is -0.490 e. The lowest BCUT2D eigenvalue weighted by atomic mass is 9.99. The highest BCUT2D eigenvalue weighted by molar-refractivity contribution is 5.97. The molecule has 2 aromatic rings. The first-order chi connectivity index (χ1) is 17.9. The summed E-state index contributed by atoms with van der Waals surface area (Å²) in [6.07, 6.45) is 6.90. The second kappa shape index (κ2) is 11.5. The fourth-order valence-corrected chi connectivity index (χ4v) is 6.03. The van der Waals surface area contributed by atoms with E-state index in [9.17, 15) is 9.59 Å². The molecule has 1 saturated carbocycles. The summed E-state index contributed by atoms with van der Waals surface area (Å²) in [4.78, 5) is 33.7. The van der Waals surface area contributed by atoms with Crippen molar-refractivity contribution in [2.45, 2.75) is 104 Å². The van der Waals surface area contributed by atoms with Crippen LogP contribution in [0.5, 0.6) is 5.75 Å². The molecule has 208 valence electrons.